The molecule has 7 heteroatoms. The molecule has 1 atom stereocenters. The number of aliphatic hydroxyl groups excluding tert-OH is 1. The fraction of sp³-hybridized carbons (Fsp3) is 0.120. The Balaban J connectivity index is 1.89. The van der Waals surface area contributed by atoms with E-state index >= 15 is 0 Å². The van der Waals surface area contributed by atoms with Crippen molar-refractivity contribution in [2.24, 2.45) is 0 Å². The van der Waals surface area contributed by atoms with E-state index in [1.54, 1.807) is 60.7 Å². The number of aromatic hydroxyl groups is 1. The number of anilines is 1. The maximum absolute atomic E-state index is 13.1. The topological polar surface area (TPSA) is 87.1 Å². The normalized spacial score (nSPS) is 17.6. The molecule has 1 unspecified atom stereocenters. The molecule has 0 radical (unpaired) electrons. The van der Waals surface area contributed by atoms with Crippen LogP contribution in [-0.2, 0) is 9.59 Å². The highest BCUT2D eigenvalue weighted by Crippen LogP contribution is 2.43. The van der Waals surface area contributed by atoms with E-state index in [0.717, 1.165) is 0 Å². The highest BCUT2D eigenvalue weighted by Gasteiger charge is 2.47. The summed E-state index contributed by atoms with van der Waals surface area (Å²) in [6.45, 7) is 2.36. The highest BCUT2D eigenvalue weighted by molar-refractivity contribution is 6.51. The Morgan fingerprint density at radius 2 is 1.72 bits per heavy atom. The molecule has 0 saturated carbocycles. The number of Topliss-reactive ketones (excluding diaryl/α,β-unsaturated/α-hetero) is 1. The van der Waals surface area contributed by atoms with E-state index in [2.05, 4.69) is 0 Å². The van der Waals surface area contributed by atoms with Crippen LogP contribution in [0.15, 0.2) is 78.4 Å². The summed E-state index contributed by atoms with van der Waals surface area (Å²) < 4.78 is 5.43. The standard InChI is InChI=1S/C25H20ClNO5/c1-2-32-20-12-6-15(7-13-20)23(29)21-22(16-4-3-5-19(28)14-16)27(25(31)24(21)30)18-10-8-17(26)9-11-18/h3-14,22,28-29H,2H2,1H3/b23-21-. The van der Waals surface area contributed by atoms with E-state index in [-0.39, 0.29) is 17.1 Å². The van der Waals surface area contributed by atoms with E-state index in [0.29, 0.717) is 34.2 Å². The first-order chi connectivity index (χ1) is 15.4. The zero-order chi connectivity index (χ0) is 22.8. The van der Waals surface area contributed by atoms with E-state index in [4.69, 9.17) is 16.3 Å². The van der Waals surface area contributed by atoms with Crippen molar-refractivity contribution in [2.75, 3.05) is 11.5 Å². The summed E-state index contributed by atoms with van der Waals surface area (Å²) in [6, 6.07) is 18.4. The minimum absolute atomic E-state index is 0.0229. The Hall–Kier alpha value is -3.77. The molecule has 1 saturated heterocycles. The maximum atomic E-state index is 13.1. The number of hydrogen-bond donors (Lipinski definition) is 2. The number of phenolic OH excluding ortho intramolecular Hbond substituents is 1. The first-order valence-corrected chi connectivity index (χ1v) is 10.4. The number of hydrogen-bond acceptors (Lipinski definition) is 5. The summed E-state index contributed by atoms with van der Waals surface area (Å²) in [5.74, 6) is -1.32. The molecular formula is C25H20ClNO5. The molecule has 1 aliphatic heterocycles. The summed E-state index contributed by atoms with van der Waals surface area (Å²) in [7, 11) is 0. The second kappa shape index (κ2) is 8.77. The van der Waals surface area contributed by atoms with Crippen LogP contribution in [0.1, 0.15) is 24.1 Å². The third-order valence-corrected chi connectivity index (χ3v) is 5.43. The van der Waals surface area contributed by atoms with Gasteiger partial charge in [-0.15, -0.1) is 0 Å². The van der Waals surface area contributed by atoms with Crippen molar-refractivity contribution in [3.63, 3.8) is 0 Å². The number of nitrogens with zero attached hydrogens (tertiary/aromatic N) is 1. The van der Waals surface area contributed by atoms with Gasteiger partial charge in [0.2, 0.25) is 0 Å². The molecule has 2 N–H and O–H groups in total. The van der Waals surface area contributed by atoms with Crippen molar-refractivity contribution < 1.29 is 24.5 Å². The van der Waals surface area contributed by atoms with Crippen LogP contribution in [-0.4, -0.2) is 28.5 Å². The lowest BCUT2D eigenvalue weighted by Crippen LogP contribution is -2.29. The summed E-state index contributed by atoms with van der Waals surface area (Å²) in [5, 5.41) is 21.6. The molecule has 6 nitrogen and oxygen atoms in total. The van der Waals surface area contributed by atoms with Gasteiger partial charge in [0.1, 0.15) is 17.3 Å². The molecule has 1 fully saturated rings. The fourth-order valence-electron chi connectivity index (χ4n) is 3.74. The Kier molecular flexibility index (Phi) is 5.88. The number of ether oxygens (including phenoxy) is 1. The Morgan fingerprint density at radius 1 is 1.03 bits per heavy atom. The third kappa shape index (κ3) is 3.92. The quantitative estimate of drug-likeness (QED) is 0.322. The number of rotatable bonds is 5. The summed E-state index contributed by atoms with van der Waals surface area (Å²) in [5.41, 5.74) is 1.22. The number of carbonyl (C=O) groups excluding carboxylic acids is 2. The number of carbonyl (C=O) groups is 2. The van der Waals surface area contributed by atoms with Crippen molar-refractivity contribution in [3.8, 4) is 11.5 Å². The van der Waals surface area contributed by atoms with Gasteiger partial charge in [-0.05, 0) is 73.2 Å². The molecule has 1 amide bonds. The maximum Gasteiger partial charge on any atom is 0.300 e. The molecular weight excluding hydrogens is 430 g/mol. The van der Waals surface area contributed by atoms with E-state index < -0.39 is 17.7 Å². The largest absolute Gasteiger partial charge is 0.508 e. The van der Waals surface area contributed by atoms with Crippen molar-refractivity contribution in [2.45, 2.75) is 13.0 Å². The lowest BCUT2D eigenvalue weighted by molar-refractivity contribution is -0.132. The van der Waals surface area contributed by atoms with Crippen LogP contribution in [0.3, 0.4) is 0 Å². The number of ketones is 1. The lowest BCUT2D eigenvalue weighted by Gasteiger charge is -2.25. The molecule has 3 aromatic carbocycles. The van der Waals surface area contributed by atoms with E-state index in [9.17, 15) is 19.8 Å². The summed E-state index contributed by atoms with van der Waals surface area (Å²) >= 11 is 5.99. The molecule has 3 aromatic rings. The van der Waals surface area contributed by atoms with Gasteiger partial charge in [0.05, 0.1) is 18.2 Å². The minimum Gasteiger partial charge on any atom is -0.508 e. The molecule has 32 heavy (non-hydrogen) atoms. The zero-order valence-electron chi connectivity index (χ0n) is 17.2. The molecule has 162 valence electrons. The van der Waals surface area contributed by atoms with Crippen LogP contribution >= 0.6 is 11.6 Å². The fourth-order valence-corrected chi connectivity index (χ4v) is 3.87. The van der Waals surface area contributed by atoms with Gasteiger partial charge in [0.15, 0.2) is 0 Å². The van der Waals surface area contributed by atoms with Crippen molar-refractivity contribution in [3.05, 3.63) is 94.5 Å². The molecule has 0 aliphatic carbocycles. The number of amides is 1. The zero-order valence-corrected chi connectivity index (χ0v) is 17.9. The van der Waals surface area contributed by atoms with Crippen LogP contribution in [0.5, 0.6) is 11.5 Å². The predicted molar refractivity (Wildman–Crippen MR) is 122 cm³/mol. The van der Waals surface area contributed by atoms with Gasteiger partial charge in [-0.3, -0.25) is 14.5 Å². The first-order valence-electron chi connectivity index (χ1n) is 9.99. The molecule has 1 heterocycles. The molecule has 0 aromatic heterocycles. The summed E-state index contributed by atoms with van der Waals surface area (Å²) in [4.78, 5) is 27.4. The third-order valence-electron chi connectivity index (χ3n) is 5.17. The average Bonchev–Trinajstić information content (AvgIpc) is 3.05. The second-order valence-electron chi connectivity index (χ2n) is 7.20. The van der Waals surface area contributed by atoms with E-state index in [1.165, 1.54) is 17.0 Å². The number of aliphatic hydroxyl groups is 1. The Labute approximate surface area is 189 Å². The van der Waals surface area contributed by atoms with Crippen LogP contribution in [0.2, 0.25) is 5.02 Å². The smallest absolute Gasteiger partial charge is 0.300 e. The van der Waals surface area contributed by atoms with Crippen LogP contribution in [0, 0.1) is 0 Å². The van der Waals surface area contributed by atoms with E-state index in [1.807, 2.05) is 6.92 Å². The van der Waals surface area contributed by atoms with Crippen molar-refractivity contribution in [1.82, 2.24) is 0 Å². The highest BCUT2D eigenvalue weighted by atomic mass is 35.5. The van der Waals surface area contributed by atoms with Gasteiger partial charge in [-0.25, -0.2) is 0 Å². The van der Waals surface area contributed by atoms with Crippen LogP contribution in [0.4, 0.5) is 5.69 Å². The number of phenols is 1. The molecule has 1 aliphatic rings. The molecule has 0 bridgehead atoms. The lowest BCUT2D eigenvalue weighted by atomic mass is 9.95. The molecule has 4 rings (SSSR count). The van der Waals surface area contributed by atoms with Crippen molar-refractivity contribution in [1.29, 1.82) is 0 Å². The SMILES string of the molecule is CCOc1ccc(/C(O)=C2/C(=O)C(=O)N(c3ccc(Cl)cc3)C2c2cccc(O)c2)cc1. The van der Waals surface area contributed by atoms with Crippen LogP contribution in [0.25, 0.3) is 5.76 Å². The monoisotopic (exact) mass is 449 g/mol. The number of benzene rings is 3. The van der Waals surface area contributed by atoms with Gasteiger partial charge in [0.25, 0.3) is 11.7 Å². The average molecular weight is 450 g/mol. The van der Waals surface area contributed by atoms with Gasteiger partial charge in [-0.2, -0.15) is 0 Å². The van der Waals surface area contributed by atoms with Crippen molar-refractivity contribution >= 4 is 34.7 Å². The predicted octanol–water partition coefficient (Wildman–Crippen LogP) is 5.07. The van der Waals surface area contributed by atoms with Crippen LogP contribution < -0.4 is 9.64 Å². The Morgan fingerprint density at radius 3 is 2.34 bits per heavy atom. The van der Waals surface area contributed by atoms with Gasteiger partial charge >= 0.3 is 0 Å². The Bertz CT molecular complexity index is 1200. The van der Waals surface area contributed by atoms with Gasteiger partial charge in [0, 0.05) is 16.3 Å². The van der Waals surface area contributed by atoms with Gasteiger partial charge in [-0.1, -0.05) is 23.7 Å². The first kappa shape index (κ1) is 21.5. The minimum atomic E-state index is -0.935. The molecule has 0 spiro atoms. The summed E-state index contributed by atoms with van der Waals surface area (Å²) in [6.07, 6.45) is 0. The number of halogens is 1. The van der Waals surface area contributed by atoms with Gasteiger partial charge < -0.3 is 14.9 Å². The second-order valence-corrected chi connectivity index (χ2v) is 7.63.